The van der Waals surface area contributed by atoms with Crippen LogP contribution in [0.3, 0.4) is 0 Å². The quantitative estimate of drug-likeness (QED) is 0.683. The molecule has 0 aliphatic rings. The Morgan fingerprint density at radius 1 is 1.50 bits per heavy atom. The molecule has 1 unspecified atom stereocenters. The Labute approximate surface area is 107 Å². The lowest BCUT2D eigenvalue weighted by Crippen LogP contribution is -2.37. The first kappa shape index (κ1) is 14.6. The molecule has 0 radical (unpaired) electrons. The molecule has 1 rings (SSSR count). The zero-order valence-electron chi connectivity index (χ0n) is 10.8. The highest BCUT2D eigenvalue weighted by Crippen LogP contribution is 2.10. The molecule has 1 aromatic rings. The average molecular weight is 252 g/mol. The summed E-state index contributed by atoms with van der Waals surface area (Å²) in [7, 11) is 0. The number of aromatic nitrogens is 1. The Morgan fingerprint density at radius 3 is 2.72 bits per heavy atom. The highest BCUT2D eigenvalue weighted by Gasteiger charge is 2.18. The lowest BCUT2D eigenvalue weighted by molar-refractivity contribution is 0.0497. The second-order valence-electron chi connectivity index (χ2n) is 4.69. The third-order valence-corrected chi connectivity index (χ3v) is 2.67. The monoisotopic (exact) mass is 252 g/mol. The molecule has 0 saturated carbocycles. The molecule has 0 fully saturated rings. The average Bonchev–Trinajstić information content (AvgIpc) is 2.29. The number of carboxylic acid groups (broad SMARTS) is 1. The van der Waals surface area contributed by atoms with E-state index in [1.807, 2.05) is 6.92 Å². The van der Waals surface area contributed by atoms with Crippen molar-refractivity contribution in [1.82, 2.24) is 10.3 Å². The number of hydrogen-bond acceptors (Lipinski definition) is 4. The predicted molar refractivity (Wildman–Crippen MR) is 68.4 cm³/mol. The van der Waals surface area contributed by atoms with Gasteiger partial charge in [0.1, 0.15) is 0 Å². The molecule has 100 valence electrons. The Kier molecular flexibility index (Phi) is 5.25. The summed E-state index contributed by atoms with van der Waals surface area (Å²) in [6, 6.07) is 3.20. The van der Waals surface area contributed by atoms with E-state index in [1.165, 1.54) is 12.3 Å². The van der Waals surface area contributed by atoms with Crippen LogP contribution in [0.25, 0.3) is 0 Å². The summed E-state index contributed by atoms with van der Waals surface area (Å²) in [5.41, 5.74) is 0.222. The second-order valence-corrected chi connectivity index (χ2v) is 4.69. The van der Waals surface area contributed by atoms with Crippen LogP contribution in [0.5, 0.6) is 0 Å². The fourth-order valence-corrected chi connectivity index (χ4v) is 1.74. The Bertz CT molecular complexity index is 388. The molecule has 0 bridgehead atoms. The summed E-state index contributed by atoms with van der Waals surface area (Å²) in [5, 5.41) is 21.8. The molecule has 3 N–H and O–H groups in total. The highest BCUT2D eigenvalue weighted by atomic mass is 16.4. The van der Waals surface area contributed by atoms with E-state index >= 15 is 0 Å². The molecule has 1 atom stereocenters. The number of nitrogens with zero attached hydrogens (tertiary/aromatic N) is 1. The van der Waals surface area contributed by atoms with E-state index in [-0.39, 0.29) is 5.56 Å². The number of carboxylic acids is 1. The summed E-state index contributed by atoms with van der Waals surface area (Å²) in [6.07, 6.45) is 3.01. The summed E-state index contributed by atoms with van der Waals surface area (Å²) < 4.78 is 0. The Hall–Kier alpha value is -1.46. The van der Waals surface area contributed by atoms with Crippen LogP contribution in [0, 0.1) is 0 Å². The fraction of sp³-hybridized carbons (Fsp3) is 0.538. The van der Waals surface area contributed by atoms with E-state index in [9.17, 15) is 9.90 Å². The van der Waals surface area contributed by atoms with Gasteiger partial charge in [-0.2, -0.15) is 0 Å². The topological polar surface area (TPSA) is 82.5 Å². The maximum absolute atomic E-state index is 10.6. The normalized spacial score (nSPS) is 14.2. The van der Waals surface area contributed by atoms with Crippen molar-refractivity contribution in [3.05, 3.63) is 29.6 Å². The van der Waals surface area contributed by atoms with E-state index in [4.69, 9.17) is 5.11 Å². The molecule has 0 aliphatic carbocycles. The van der Waals surface area contributed by atoms with Gasteiger partial charge in [-0.25, -0.2) is 4.79 Å². The van der Waals surface area contributed by atoms with Gasteiger partial charge in [0.25, 0.3) is 0 Å². The first-order chi connectivity index (χ1) is 8.44. The number of aromatic carboxylic acids is 1. The Balaban J connectivity index is 2.42. The maximum Gasteiger partial charge on any atom is 0.337 e. The van der Waals surface area contributed by atoms with Crippen LogP contribution in [-0.4, -0.2) is 33.3 Å². The molecule has 0 amide bonds. The molecule has 18 heavy (non-hydrogen) atoms. The minimum atomic E-state index is -0.979. The zero-order valence-corrected chi connectivity index (χ0v) is 10.8. The van der Waals surface area contributed by atoms with Gasteiger partial charge in [-0.05, 0) is 25.5 Å². The van der Waals surface area contributed by atoms with E-state index in [0.29, 0.717) is 13.1 Å². The minimum Gasteiger partial charge on any atom is -0.478 e. The third kappa shape index (κ3) is 4.81. The van der Waals surface area contributed by atoms with Crippen molar-refractivity contribution < 1.29 is 15.0 Å². The number of carbonyl (C=O) groups is 1. The molecule has 0 aliphatic heterocycles. The summed E-state index contributed by atoms with van der Waals surface area (Å²) >= 11 is 0. The van der Waals surface area contributed by atoms with Gasteiger partial charge in [0.05, 0.1) is 16.9 Å². The molecule has 0 aromatic carbocycles. The van der Waals surface area contributed by atoms with E-state index < -0.39 is 11.6 Å². The minimum absolute atomic E-state index is 0.178. The SMILES string of the molecule is CCCC(C)(O)CNCc1ccc(C(=O)O)cn1. The van der Waals surface area contributed by atoms with Crippen molar-refractivity contribution in [2.75, 3.05) is 6.54 Å². The van der Waals surface area contributed by atoms with Crippen molar-refractivity contribution in [3.8, 4) is 0 Å². The summed E-state index contributed by atoms with van der Waals surface area (Å²) in [6.45, 7) is 4.83. The second kappa shape index (κ2) is 6.47. The molecule has 1 aromatic heterocycles. The smallest absolute Gasteiger partial charge is 0.337 e. The predicted octanol–water partition coefficient (Wildman–Crippen LogP) is 1.42. The van der Waals surface area contributed by atoms with Gasteiger partial charge < -0.3 is 15.5 Å². The van der Waals surface area contributed by atoms with Crippen molar-refractivity contribution >= 4 is 5.97 Å². The molecule has 5 nitrogen and oxygen atoms in total. The van der Waals surface area contributed by atoms with Crippen molar-refractivity contribution in [2.45, 2.75) is 38.8 Å². The molecule has 0 saturated heterocycles. The van der Waals surface area contributed by atoms with Crippen LogP contribution in [0.15, 0.2) is 18.3 Å². The summed E-state index contributed by atoms with van der Waals surface area (Å²) in [5.74, 6) is -0.979. The van der Waals surface area contributed by atoms with Crippen LogP contribution in [0.4, 0.5) is 0 Å². The molecule has 0 spiro atoms. The standard InChI is InChI=1S/C13H20N2O3/c1-3-6-13(2,18)9-14-8-11-5-4-10(7-15-11)12(16)17/h4-5,7,14,18H,3,6,8-9H2,1-2H3,(H,16,17). The van der Waals surface area contributed by atoms with Gasteiger partial charge in [0, 0.05) is 19.3 Å². The van der Waals surface area contributed by atoms with E-state index in [1.54, 1.807) is 13.0 Å². The first-order valence-electron chi connectivity index (χ1n) is 6.06. The largest absolute Gasteiger partial charge is 0.478 e. The van der Waals surface area contributed by atoms with Crippen LogP contribution >= 0.6 is 0 Å². The Morgan fingerprint density at radius 2 is 2.22 bits per heavy atom. The molecule has 1 heterocycles. The molecular weight excluding hydrogens is 232 g/mol. The van der Waals surface area contributed by atoms with E-state index in [2.05, 4.69) is 10.3 Å². The number of hydrogen-bond donors (Lipinski definition) is 3. The molecule has 5 heteroatoms. The van der Waals surface area contributed by atoms with E-state index in [0.717, 1.165) is 18.5 Å². The van der Waals surface area contributed by atoms with Crippen LogP contribution in [0.1, 0.15) is 42.7 Å². The van der Waals surface area contributed by atoms with Crippen molar-refractivity contribution in [2.24, 2.45) is 0 Å². The number of aliphatic hydroxyl groups is 1. The maximum atomic E-state index is 10.6. The van der Waals surface area contributed by atoms with Crippen LogP contribution < -0.4 is 5.32 Å². The van der Waals surface area contributed by atoms with Gasteiger partial charge >= 0.3 is 5.97 Å². The number of rotatable bonds is 7. The van der Waals surface area contributed by atoms with Crippen molar-refractivity contribution in [1.29, 1.82) is 0 Å². The van der Waals surface area contributed by atoms with Crippen LogP contribution in [-0.2, 0) is 6.54 Å². The van der Waals surface area contributed by atoms with Crippen molar-refractivity contribution in [3.63, 3.8) is 0 Å². The fourth-order valence-electron chi connectivity index (χ4n) is 1.74. The van der Waals surface area contributed by atoms with Gasteiger partial charge in [-0.1, -0.05) is 13.3 Å². The third-order valence-electron chi connectivity index (χ3n) is 2.67. The number of pyridine rings is 1. The van der Waals surface area contributed by atoms with Crippen LogP contribution in [0.2, 0.25) is 0 Å². The van der Waals surface area contributed by atoms with Gasteiger partial charge in [0.2, 0.25) is 0 Å². The summed E-state index contributed by atoms with van der Waals surface area (Å²) in [4.78, 5) is 14.7. The lowest BCUT2D eigenvalue weighted by atomic mass is 10.0. The molecular formula is C13H20N2O3. The van der Waals surface area contributed by atoms with Gasteiger partial charge in [0.15, 0.2) is 0 Å². The first-order valence-corrected chi connectivity index (χ1v) is 6.06. The van der Waals surface area contributed by atoms with Gasteiger partial charge in [-0.3, -0.25) is 4.98 Å². The zero-order chi connectivity index (χ0) is 13.6. The van der Waals surface area contributed by atoms with Gasteiger partial charge in [-0.15, -0.1) is 0 Å². The lowest BCUT2D eigenvalue weighted by Gasteiger charge is -2.22. The number of nitrogens with one attached hydrogen (secondary N) is 1. The highest BCUT2D eigenvalue weighted by molar-refractivity contribution is 5.87.